The van der Waals surface area contributed by atoms with Crippen LogP contribution < -0.4 is 5.32 Å². The van der Waals surface area contributed by atoms with Gasteiger partial charge in [0, 0.05) is 25.6 Å². The molecule has 98 valence electrons. The Labute approximate surface area is 101 Å². The zero-order valence-corrected chi connectivity index (χ0v) is 10.3. The van der Waals surface area contributed by atoms with Gasteiger partial charge in [0.05, 0.1) is 19.1 Å². The first kappa shape index (κ1) is 13.9. The van der Waals surface area contributed by atoms with E-state index in [2.05, 4.69) is 5.32 Å². The van der Waals surface area contributed by atoms with Gasteiger partial charge >= 0.3 is 5.97 Å². The highest BCUT2D eigenvalue weighted by Crippen LogP contribution is 2.18. The van der Waals surface area contributed by atoms with Crippen LogP contribution in [0.5, 0.6) is 0 Å². The second kappa shape index (κ2) is 6.56. The summed E-state index contributed by atoms with van der Waals surface area (Å²) in [5, 5.41) is 11.7. The minimum atomic E-state index is -0.836. The van der Waals surface area contributed by atoms with E-state index in [1.165, 1.54) is 0 Å². The van der Waals surface area contributed by atoms with Crippen molar-refractivity contribution in [3.8, 4) is 0 Å². The Balaban J connectivity index is 2.38. The molecule has 1 aliphatic rings. The number of carboxylic acids is 1. The minimum absolute atomic E-state index is 0.00913. The van der Waals surface area contributed by atoms with Crippen molar-refractivity contribution < 1.29 is 19.4 Å². The van der Waals surface area contributed by atoms with Gasteiger partial charge in [0.25, 0.3) is 0 Å². The van der Waals surface area contributed by atoms with Crippen LogP contribution in [0.15, 0.2) is 0 Å². The summed E-state index contributed by atoms with van der Waals surface area (Å²) in [5.41, 5.74) is 0. The summed E-state index contributed by atoms with van der Waals surface area (Å²) in [6.07, 6.45) is 0.382. The van der Waals surface area contributed by atoms with Gasteiger partial charge in [-0.05, 0) is 14.0 Å². The molecule has 1 saturated heterocycles. The smallest absolute Gasteiger partial charge is 0.310 e. The molecule has 0 radical (unpaired) electrons. The van der Waals surface area contributed by atoms with Gasteiger partial charge in [0.2, 0.25) is 5.91 Å². The van der Waals surface area contributed by atoms with E-state index in [4.69, 9.17) is 9.84 Å². The third-order valence-corrected chi connectivity index (χ3v) is 3.00. The molecule has 2 unspecified atom stereocenters. The Morgan fingerprint density at radius 2 is 2.18 bits per heavy atom. The van der Waals surface area contributed by atoms with Crippen molar-refractivity contribution in [2.24, 2.45) is 5.92 Å². The van der Waals surface area contributed by atoms with Gasteiger partial charge in [-0.15, -0.1) is 0 Å². The fraction of sp³-hybridized carbons (Fsp3) is 0.818. The molecule has 0 bridgehead atoms. The molecule has 1 amide bonds. The lowest BCUT2D eigenvalue weighted by Gasteiger charge is -2.25. The van der Waals surface area contributed by atoms with E-state index in [-0.39, 0.29) is 18.6 Å². The summed E-state index contributed by atoms with van der Waals surface area (Å²) in [6, 6.07) is -0.137. The van der Waals surface area contributed by atoms with E-state index < -0.39 is 11.9 Å². The molecular formula is C11H20N2O4. The number of ether oxygens (including phenoxy) is 1. The normalized spacial score (nSPS) is 23.9. The van der Waals surface area contributed by atoms with Crippen molar-refractivity contribution >= 4 is 11.9 Å². The maximum Gasteiger partial charge on any atom is 0.310 e. The van der Waals surface area contributed by atoms with E-state index in [0.717, 1.165) is 0 Å². The molecule has 0 aliphatic carbocycles. The van der Waals surface area contributed by atoms with Gasteiger partial charge in [0.1, 0.15) is 0 Å². The van der Waals surface area contributed by atoms with E-state index in [1.54, 1.807) is 0 Å². The Morgan fingerprint density at radius 1 is 1.47 bits per heavy atom. The Morgan fingerprint density at radius 3 is 2.76 bits per heavy atom. The second-order valence-corrected chi connectivity index (χ2v) is 4.23. The molecule has 17 heavy (non-hydrogen) atoms. The lowest BCUT2D eigenvalue weighted by molar-refractivity contribution is -0.143. The van der Waals surface area contributed by atoms with Gasteiger partial charge < -0.3 is 15.2 Å². The molecule has 0 aromatic carbocycles. The predicted molar refractivity (Wildman–Crippen MR) is 61.7 cm³/mol. The van der Waals surface area contributed by atoms with Crippen molar-refractivity contribution in [3.05, 3.63) is 0 Å². The van der Waals surface area contributed by atoms with Crippen LogP contribution in [-0.4, -0.2) is 61.3 Å². The number of aliphatic carboxylic acids is 1. The predicted octanol–water partition coefficient (Wildman–Crippen LogP) is -0.456. The fourth-order valence-corrected chi connectivity index (χ4v) is 1.94. The molecule has 6 heteroatoms. The summed E-state index contributed by atoms with van der Waals surface area (Å²) in [4.78, 5) is 24.2. The molecule has 1 aliphatic heterocycles. The Kier molecular flexibility index (Phi) is 5.37. The zero-order chi connectivity index (χ0) is 12.8. The van der Waals surface area contributed by atoms with Crippen molar-refractivity contribution in [1.82, 2.24) is 10.2 Å². The topological polar surface area (TPSA) is 78.9 Å². The standard InChI is InChI=1S/C11H20N2O4/c1-3-12-10(14)4-5-13(2)9-7-17-6-8(9)11(15)16/h8-9H,3-7H2,1-2H3,(H,12,14)(H,15,16). The second-order valence-electron chi connectivity index (χ2n) is 4.23. The minimum Gasteiger partial charge on any atom is -0.481 e. The summed E-state index contributed by atoms with van der Waals surface area (Å²) in [5.74, 6) is -1.34. The molecule has 1 rings (SSSR count). The first-order valence-corrected chi connectivity index (χ1v) is 5.83. The largest absolute Gasteiger partial charge is 0.481 e. The van der Waals surface area contributed by atoms with Crippen LogP contribution in [0.2, 0.25) is 0 Å². The first-order chi connectivity index (χ1) is 8.06. The van der Waals surface area contributed by atoms with Gasteiger partial charge in [-0.1, -0.05) is 0 Å². The molecular weight excluding hydrogens is 224 g/mol. The van der Waals surface area contributed by atoms with Crippen LogP contribution in [0.4, 0.5) is 0 Å². The maximum atomic E-state index is 11.3. The Bertz CT molecular complexity index is 283. The zero-order valence-electron chi connectivity index (χ0n) is 10.3. The van der Waals surface area contributed by atoms with Crippen molar-refractivity contribution in [3.63, 3.8) is 0 Å². The first-order valence-electron chi connectivity index (χ1n) is 5.83. The van der Waals surface area contributed by atoms with Crippen LogP contribution in [0.25, 0.3) is 0 Å². The van der Waals surface area contributed by atoms with Gasteiger partial charge in [-0.2, -0.15) is 0 Å². The average Bonchev–Trinajstić information content (AvgIpc) is 2.75. The molecule has 0 saturated carbocycles. The maximum absolute atomic E-state index is 11.3. The summed E-state index contributed by atoms with van der Waals surface area (Å²) < 4.78 is 5.18. The molecule has 2 atom stereocenters. The van der Waals surface area contributed by atoms with Gasteiger partial charge in [0.15, 0.2) is 0 Å². The number of nitrogens with zero attached hydrogens (tertiary/aromatic N) is 1. The quantitative estimate of drug-likeness (QED) is 0.661. The van der Waals surface area contributed by atoms with E-state index in [1.807, 2.05) is 18.9 Å². The Hall–Kier alpha value is -1.14. The number of carboxylic acid groups (broad SMARTS) is 1. The van der Waals surface area contributed by atoms with Crippen molar-refractivity contribution in [2.45, 2.75) is 19.4 Å². The fourth-order valence-electron chi connectivity index (χ4n) is 1.94. The van der Waals surface area contributed by atoms with Crippen LogP contribution >= 0.6 is 0 Å². The van der Waals surface area contributed by atoms with E-state index in [0.29, 0.717) is 26.1 Å². The van der Waals surface area contributed by atoms with Gasteiger partial charge in [-0.25, -0.2) is 0 Å². The van der Waals surface area contributed by atoms with Crippen LogP contribution in [-0.2, 0) is 14.3 Å². The van der Waals surface area contributed by atoms with Gasteiger partial charge in [-0.3, -0.25) is 14.5 Å². The van der Waals surface area contributed by atoms with Crippen LogP contribution in [0, 0.1) is 5.92 Å². The number of hydrogen-bond acceptors (Lipinski definition) is 4. The van der Waals surface area contributed by atoms with Crippen LogP contribution in [0.3, 0.4) is 0 Å². The van der Waals surface area contributed by atoms with E-state index >= 15 is 0 Å². The summed E-state index contributed by atoms with van der Waals surface area (Å²) in [6.45, 7) is 3.71. The van der Waals surface area contributed by atoms with Crippen molar-refractivity contribution in [1.29, 1.82) is 0 Å². The molecule has 0 aromatic heterocycles. The lowest BCUT2D eigenvalue weighted by atomic mass is 10.0. The number of nitrogens with one attached hydrogen (secondary N) is 1. The molecule has 0 spiro atoms. The molecule has 0 aromatic rings. The molecule has 6 nitrogen and oxygen atoms in total. The summed E-state index contributed by atoms with van der Waals surface area (Å²) in [7, 11) is 1.83. The average molecular weight is 244 g/mol. The van der Waals surface area contributed by atoms with Crippen molar-refractivity contribution in [2.75, 3.05) is 33.4 Å². The highest BCUT2D eigenvalue weighted by Gasteiger charge is 2.36. The number of amides is 1. The molecule has 2 N–H and O–H groups in total. The highest BCUT2D eigenvalue weighted by molar-refractivity contribution is 5.76. The molecule has 1 heterocycles. The third kappa shape index (κ3) is 3.98. The number of hydrogen-bond donors (Lipinski definition) is 2. The van der Waals surface area contributed by atoms with E-state index in [9.17, 15) is 9.59 Å². The number of carbonyl (C=O) groups is 2. The number of likely N-dealkylation sites (N-methyl/N-ethyl adjacent to an activating group) is 1. The highest BCUT2D eigenvalue weighted by atomic mass is 16.5. The third-order valence-electron chi connectivity index (χ3n) is 3.00. The molecule has 1 fully saturated rings. The summed E-state index contributed by atoms with van der Waals surface area (Å²) >= 11 is 0. The lowest BCUT2D eigenvalue weighted by Crippen LogP contribution is -2.42. The van der Waals surface area contributed by atoms with Crippen LogP contribution in [0.1, 0.15) is 13.3 Å². The number of rotatable bonds is 6. The SMILES string of the molecule is CCNC(=O)CCN(C)C1COCC1C(=O)O. The number of carbonyl (C=O) groups excluding carboxylic acids is 1. The monoisotopic (exact) mass is 244 g/mol.